The molecular formula is C17H22O3. The van der Waals surface area contributed by atoms with Crippen LogP contribution in [0.25, 0.3) is 0 Å². The molecule has 1 N–H and O–H groups in total. The summed E-state index contributed by atoms with van der Waals surface area (Å²) >= 11 is 0. The van der Waals surface area contributed by atoms with E-state index in [1.807, 2.05) is 24.3 Å². The molecule has 0 spiro atoms. The summed E-state index contributed by atoms with van der Waals surface area (Å²) in [6.45, 7) is 8.69. The van der Waals surface area contributed by atoms with Gasteiger partial charge in [-0.15, -0.1) is 5.92 Å². The molecule has 0 aliphatic carbocycles. The number of carbonyl (C=O) groups is 1. The molecule has 1 aromatic carbocycles. The maximum atomic E-state index is 10.8. The summed E-state index contributed by atoms with van der Waals surface area (Å²) < 4.78 is 5.69. The highest BCUT2D eigenvalue weighted by atomic mass is 16.5. The van der Waals surface area contributed by atoms with Crippen molar-refractivity contribution in [1.82, 2.24) is 0 Å². The Balaban J connectivity index is 2.77. The zero-order valence-electron chi connectivity index (χ0n) is 12.6. The van der Waals surface area contributed by atoms with Gasteiger partial charge in [0.15, 0.2) is 0 Å². The fourth-order valence-electron chi connectivity index (χ4n) is 1.70. The van der Waals surface area contributed by atoms with Gasteiger partial charge in [0.2, 0.25) is 0 Å². The van der Waals surface area contributed by atoms with Crippen LogP contribution in [0.4, 0.5) is 0 Å². The van der Waals surface area contributed by atoms with Gasteiger partial charge in [-0.1, -0.05) is 38.8 Å². The lowest BCUT2D eigenvalue weighted by molar-refractivity contribution is -0.137. The maximum Gasteiger partial charge on any atom is 0.304 e. The van der Waals surface area contributed by atoms with Gasteiger partial charge in [-0.3, -0.25) is 4.79 Å². The largest absolute Gasteiger partial charge is 0.493 e. The Morgan fingerprint density at radius 2 is 1.90 bits per heavy atom. The molecule has 3 nitrogen and oxygen atoms in total. The number of carboxylic acids is 1. The van der Waals surface area contributed by atoms with Crippen molar-refractivity contribution in [2.75, 3.05) is 6.61 Å². The molecule has 108 valence electrons. The number of rotatable bonds is 5. The molecule has 1 rings (SSSR count). The van der Waals surface area contributed by atoms with Gasteiger partial charge >= 0.3 is 5.97 Å². The minimum atomic E-state index is -0.842. The molecule has 3 heteroatoms. The molecular weight excluding hydrogens is 252 g/mol. The van der Waals surface area contributed by atoms with Crippen molar-refractivity contribution in [3.8, 4) is 17.6 Å². The smallest absolute Gasteiger partial charge is 0.304 e. The van der Waals surface area contributed by atoms with Crippen LogP contribution >= 0.6 is 0 Å². The standard InChI is InChI=1S/C17H22O3/c1-5-6-14(11-16(18)19)13-7-9-15(10-8-13)20-12-17(2,3)4/h7-10,14H,11-12H2,1-4H3,(H,18,19). The first-order chi connectivity index (χ1) is 9.31. The average Bonchev–Trinajstić information content (AvgIpc) is 2.35. The highest BCUT2D eigenvalue weighted by molar-refractivity contribution is 5.69. The van der Waals surface area contributed by atoms with E-state index in [-0.39, 0.29) is 17.8 Å². The third-order valence-electron chi connectivity index (χ3n) is 2.65. The normalized spacial score (nSPS) is 12.2. The second kappa shape index (κ2) is 7.00. The molecule has 0 saturated heterocycles. The second-order valence-corrected chi connectivity index (χ2v) is 5.96. The topological polar surface area (TPSA) is 46.5 Å². The van der Waals surface area contributed by atoms with E-state index in [9.17, 15) is 4.79 Å². The van der Waals surface area contributed by atoms with Crippen molar-refractivity contribution < 1.29 is 14.6 Å². The van der Waals surface area contributed by atoms with E-state index in [2.05, 4.69) is 32.6 Å². The Hall–Kier alpha value is -1.95. The van der Waals surface area contributed by atoms with E-state index in [1.165, 1.54) is 0 Å². The molecule has 1 unspecified atom stereocenters. The Bertz CT molecular complexity index is 498. The van der Waals surface area contributed by atoms with Crippen LogP contribution in [0.1, 0.15) is 45.6 Å². The van der Waals surface area contributed by atoms with Gasteiger partial charge in [-0.25, -0.2) is 0 Å². The predicted molar refractivity (Wildman–Crippen MR) is 79.8 cm³/mol. The predicted octanol–water partition coefficient (Wildman–Crippen LogP) is 3.69. The summed E-state index contributed by atoms with van der Waals surface area (Å²) in [6, 6.07) is 7.51. The van der Waals surface area contributed by atoms with Gasteiger partial charge < -0.3 is 9.84 Å². The molecule has 0 aliphatic heterocycles. The van der Waals surface area contributed by atoms with Gasteiger partial charge in [-0.05, 0) is 30.0 Å². The molecule has 1 aromatic rings. The lowest BCUT2D eigenvalue weighted by Gasteiger charge is -2.19. The van der Waals surface area contributed by atoms with Gasteiger partial charge in [0, 0.05) is 0 Å². The summed E-state index contributed by atoms with van der Waals surface area (Å²) in [4.78, 5) is 10.8. The van der Waals surface area contributed by atoms with Crippen molar-refractivity contribution in [2.45, 2.75) is 40.0 Å². The van der Waals surface area contributed by atoms with Crippen LogP contribution in [0.5, 0.6) is 5.75 Å². The van der Waals surface area contributed by atoms with Gasteiger partial charge in [-0.2, -0.15) is 0 Å². The lowest BCUT2D eigenvalue weighted by Crippen LogP contribution is -2.16. The molecule has 0 aromatic heterocycles. The molecule has 0 aliphatic rings. The van der Waals surface area contributed by atoms with Gasteiger partial charge in [0.25, 0.3) is 0 Å². The number of hydrogen-bond acceptors (Lipinski definition) is 2. The lowest BCUT2D eigenvalue weighted by atomic mass is 9.96. The van der Waals surface area contributed by atoms with Crippen LogP contribution in [0.15, 0.2) is 24.3 Å². The minimum absolute atomic E-state index is 0.0169. The summed E-state index contributed by atoms with van der Waals surface area (Å²) in [7, 11) is 0. The number of ether oxygens (including phenoxy) is 1. The SMILES string of the molecule is CC#CC(CC(=O)O)c1ccc(OCC(C)(C)C)cc1. The number of carboxylic acid groups (broad SMARTS) is 1. The van der Waals surface area contributed by atoms with E-state index >= 15 is 0 Å². The van der Waals surface area contributed by atoms with Crippen LogP contribution in [-0.2, 0) is 4.79 Å². The van der Waals surface area contributed by atoms with Crippen LogP contribution in [0.2, 0.25) is 0 Å². The first-order valence-corrected chi connectivity index (χ1v) is 6.68. The van der Waals surface area contributed by atoms with Crippen molar-refractivity contribution >= 4 is 5.97 Å². The summed E-state index contributed by atoms with van der Waals surface area (Å²) in [6.07, 6.45) is 0.0169. The third kappa shape index (κ3) is 5.79. The Labute approximate surface area is 121 Å². The van der Waals surface area contributed by atoms with Crippen LogP contribution in [-0.4, -0.2) is 17.7 Å². The second-order valence-electron chi connectivity index (χ2n) is 5.96. The van der Waals surface area contributed by atoms with Gasteiger partial charge in [0.05, 0.1) is 18.9 Å². The highest BCUT2D eigenvalue weighted by Gasteiger charge is 2.14. The monoisotopic (exact) mass is 274 g/mol. The van der Waals surface area contributed by atoms with Crippen molar-refractivity contribution in [3.05, 3.63) is 29.8 Å². The summed E-state index contributed by atoms with van der Waals surface area (Å²) in [5, 5.41) is 8.91. The van der Waals surface area contributed by atoms with Gasteiger partial charge in [0.1, 0.15) is 5.75 Å². The molecule has 20 heavy (non-hydrogen) atoms. The van der Waals surface area contributed by atoms with Crippen LogP contribution < -0.4 is 4.74 Å². The molecule has 1 atom stereocenters. The quantitative estimate of drug-likeness (QED) is 0.833. The van der Waals surface area contributed by atoms with Crippen molar-refractivity contribution in [1.29, 1.82) is 0 Å². The van der Waals surface area contributed by atoms with E-state index < -0.39 is 5.97 Å². The first-order valence-electron chi connectivity index (χ1n) is 6.68. The molecule has 0 heterocycles. The van der Waals surface area contributed by atoms with E-state index in [0.717, 1.165) is 11.3 Å². The van der Waals surface area contributed by atoms with Crippen molar-refractivity contribution in [2.24, 2.45) is 5.41 Å². The molecule has 0 amide bonds. The molecule has 0 bridgehead atoms. The van der Waals surface area contributed by atoms with Crippen LogP contribution in [0.3, 0.4) is 0 Å². The zero-order valence-corrected chi connectivity index (χ0v) is 12.6. The number of aliphatic carboxylic acids is 1. The fourth-order valence-corrected chi connectivity index (χ4v) is 1.70. The highest BCUT2D eigenvalue weighted by Crippen LogP contribution is 2.23. The Kier molecular flexibility index (Phi) is 5.64. The third-order valence-corrected chi connectivity index (χ3v) is 2.65. The Morgan fingerprint density at radius 3 is 2.35 bits per heavy atom. The van der Waals surface area contributed by atoms with E-state index in [4.69, 9.17) is 9.84 Å². The van der Waals surface area contributed by atoms with E-state index in [1.54, 1.807) is 6.92 Å². The van der Waals surface area contributed by atoms with Crippen molar-refractivity contribution in [3.63, 3.8) is 0 Å². The number of benzene rings is 1. The molecule has 0 radical (unpaired) electrons. The molecule has 0 fully saturated rings. The maximum absolute atomic E-state index is 10.8. The zero-order chi connectivity index (χ0) is 15.2. The summed E-state index contributed by atoms with van der Waals surface area (Å²) in [5.74, 6) is 5.40. The summed E-state index contributed by atoms with van der Waals surface area (Å²) in [5.41, 5.74) is 1.02. The fraction of sp³-hybridized carbons (Fsp3) is 0.471. The molecule has 0 saturated carbocycles. The first kappa shape index (κ1) is 16.1. The van der Waals surface area contributed by atoms with Crippen LogP contribution in [0, 0.1) is 17.3 Å². The average molecular weight is 274 g/mol. The minimum Gasteiger partial charge on any atom is -0.493 e. The Morgan fingerprint density at radius 1 is 1.30 bits per heavy atom. The van der Waals surface area contributed by atoms with E-state index in [0.29, 0.717) is 6.61 Å². The number of hydrogen-bond donors (Lipinski definition) is 1.